The van der Waals surface area contributed by atoms with E-state index in [2.05, 4.69) is 10.3 Å². The molecule has 1 aromatic heterocycles. The van der Waals surface area contributed by atoms with Gasteiger partial charge in [-0.15, -0.1) is 11.3 Å². The highest BCUT2D eigenvalue weighted by atomic mass is 32.1. The predicted molar refractivity (Wildman–Crippen MR) is 63.4 cm³/mol. The van der Waals surface area contributed by atoms with Gasteiger partial charge < -0.3 is 15.3 Å². The second-order valence-electron chi connectivity index (χ2n) is 3.84. The molecule has 0 aromatic carbocycles. The monoisotopic (exact) mass is 255 g/mol. The average Bonchev–Trinajstić information content (AvgIpc) is 2.48. The molecule has 0 bridgehead atoms. The number of fused-ring (bicyclic) bond motifs is 1. The highest BCUT2D eigenvalue weighted by Crippen LogP contribution is 2.26. The number of nitrogens with zero attached hydrogens (tertiary/aromatic N) is 2. The molecule has 7 heteroatoms. The summed E-state index contributed by atoms with van der Waals surface area (Å²) in [5.74, 6) is -0.138. The van der Waals surface area contributed by atoms with Gasteiger partial charge in [0.25, 0.3) is 0 Å². The highest BCUT2D eigenvalue weighted by molar-refractivity contribution is 7.15. The van der Waals surface area contributed by atoms with Crippen molar-refractivity contribution in [3.8, 4) is 0 Å². The number of amides is 2. The van der Waals surface area contributed by atoms with Crippen LogP contribution in [-0.4, -0.2) is 40.1 Å². The summed E-state index contributed by atoms with van der Waals surface area (Å²) < 4.78 is 0. The summed E-state index contributed by atoms with van der Waals surface area (Å²) >= 11 is 1.43. The largest absolute Gasteiger partial charge is 0.465 e. The van der Waals surface area contributed by atoms with Crippen LogP contribution >= 0.6 is 11.3 Å². The minimum Gasteiger partial charge on any atom is -0.465 e. The molecule has 2 amide bonds. The summed E-state index contributed by atoms with van der Waals surface area (Å²) in [7, 11) is 0. The molecule has 2 N–H and O–H groups in total. The summed E-state index contributed by atoms with van der Waals surface area (Å²) in [5, 5.41) is 12.2. The van der Waals surface area contributed by atoms with Crippen LogP contribution in [0.5, 0.6) is 0 Å². The van der Waals surface area contributed by atoms with Gasteiger partial charge in [-0.1, -0.05) is 0 Å². The van der Waals surface area contributed by atoms with Gasteiger partial charge in [-0.2, -0.15) is 0 Å². The first-order valence-corrected chi connectivity index (χ1v) is 6.12. The Morgan fingerprint density at radius 1 is 1.41 bits per heavy atom. The molecule has 0 spiro atoms. The van der Waals surface area contributed by atoms with Crippen LogP contribution in [0.15, 0.2) is 0 Å². The molecule has 1 aliphatic rings. The van der Waals surface area contributed by atoms with Gasteiger partial charge in [0.05, 0.1) is 5.69 Å². The Labute approximate surface area is 102 Å². The summed E-state index contributed by atoms with van der Waals surface area (Å²) in [5.41, 5.74) is 0.905. The van der Waals surface area contributed by atoms with E-state index < -0.39 is 6.09 Å². The Bertz CT molecular complexity index is 432. The highest BCUT2D eigenvalue weighted by Gasteiger charge is 2.20. The third-order valence-electron chi connectivity index (χ3n) is 2.56. The van der Waals surface area contributed by atoms with Crippen molar-refractivity contribution in [2.24, 2.45) is 0 Å². The van der Waals surface area contributed by atoms with Crippen LogP contribution in [0.1, 0.15) is 17.5 Å². The first kappa shape index (κ1) is 11.8. The Balaban J connectivity index is 2.10. The average molecular weight is 255 g/mol. The van der Waals surface area contributed by atoms with E-state index >= 15 is 0 Å². The molecule has 0 saturated carbocycles. The van der Waals surface area contributed by atoms with Gasteiger partial charge in [-0.05, 0) is 0 Å². The number of carboxylic acid groups (broad SMARTS) is 1. The number of nitrogens with one attached hydrogen (secondary N) is 1. The van der Waals surface area contributed by atoms with Crippen LogP contribution in [-0.2, 0) is 17.6 Å². The summed E-state index contributed by atoms with van der Waals surface area (Å²) in [6.45, 7) is 2.40. The van der Waals surface area contributed by atoms with Gasteiger partial charge in [0.15, 0.2) is 5.13 Å². The molecule has 0 fully saturated rings. The van der Waals surface area contributed by atoms with E-state index in [0.29, 0.717) is 31.1 Å². The number of carbonyl (C=O) groups is 2. The zero-order chi connectivity index (χ0) is 12.4. The fraction of sp³-hybridized carbons (Fsp3) is 0.500. The van der Waals surface area contributed by atoms with Crippen LogP contribution in [0, 0.1) is 0 Å². The zero-order valence-corrected chi connectivity index (χ0v) is 10.2. The molecule has 1 aromatic rings. The molecule has 17 heavy (non-hydrogen) atoms. The molecule has 0 unspecified atom stereocenters. The van der Waals surface area contributed by atoms with Crippen molar-refractivity contribution >= 4 is 28.5 Å². The first-order chi connectivity index (χ1) is 8.06. The maximum absolute atomic E-state index is 10.9. The van der Waals surface area contributed by atoms with Crippen LogP contribution in [0.4, 0.5) is 9.93 Å². The van der Waals surface area contributed by atoms with Gasteiger partial charge in [0.2, 0.25) is 5.91 Å². The third kappa shape index (κ3) is 2.73. The molecule has 0 atom stereocenters. The molecular weight excluding hydrogens is 242 g/mol. The van der Waals surface area contributed by atoms with Crippen molar-refractivity contribution in [3.05, 3.63) is 10.6 Å². The number of carbonyl (C=O) groups excluding carboxylic acids is 1. The molecule has 6 nitrogen and oxygen atoms in total. The second kappa shape index (κ2) is 4.70. The van der Waals surface area contributed by atoms with Gasteiger partial charge in [0.1, 0.15) is 0 Å². The summed E-state index contributed by atoms with van der Waals surface area (Å²) in [4.78, 5) is 28.5. The lowest BCUT2D eigenvalue weighted by molar-refractivity contribution is -0.114. The van der Waals surface area contributed by atoms with E-state index in [1.54, 1.807) is 0 Å². The molecule has 0 radical (unpaired) electrons. The van der Waals surface area contributed by atoms with E-state index in [1.807, 2.05) is 0 Å². The van der Waals surface area contributed by atoms with Crippen molar-refractivity contribution in [1.29, 1.82) is 0 Å². The number of hydrogen-bond acceptors (Lipinski definition) is 4. The van der Waals surface area contributed by atoms with Crippen LogP contribution in [0.25, 0.3) is 0 Å². The predicted octanol–water partition coefficient (Wildman–Crippen LogP) is 1.18. The van der Waals surface area contributed by atoms with Gasteiger partial charge >= 0.3 is 6.09 Å². The molecule has 0 saturated heterocycles. The minimum atomic E-state index is -0.887. The van der Waals surface area contributed by atoms with Crippen LogP contribution in [0.2, 0.25) is 0 Å². The fourth-order valence-corrected chi connectivity index (χ4v) is 2.80. The fourth-order valence-electron chi connectivity index (χ4n) is 1.76. The first-order valence-electron chi connectivity index (χ1n) is 5.30. The number of hydrogen-bond donors (Lipinski definition) is 2. The Morgan fingerprint density at radius 3 is 2.76 bits per heavy atom. The van der Waals surface area contributed by atoms with Crippen LogP contribution < -0.4 is 5.32 Å². The molecular formula is C10H13N3O3S. The Kier molecular flexibility index (Phi) is 3.28. The standard InChI is InChI=1S/C10H13N3O3S/c1-6(14)11-9-12-7-2-4-13(10(15)16)5-3-8(7)17-9/h2-5H2,1H3,(H,15,16)(H,11,12,14). The van der Waals surface area contributed by atoms with Crippen molar-refractivity contribution < 1.29 is 14.7 Å². The minimum absolute atomic E-state index is 0.138. The Morgan fingerprint density at radius 2 is 2.12 bits per heavy atom. The van der Waals surface area contributed by atoms with Gasteiger partial charge in [-0.25, -0.2) is 9.78 Å². The van der Waals surface area contributed by atoms with Gasteiger partial charge in [-0.3, -0.25) is 4.79 Å². The molecule has 0 aliphatic carbocycles. The maximum Gasteiger partial charge on any atom is 0.407 e. The number of thiazole rings is 1. The lowest BCUT2D eigenvalue weighted by Crippen LogP contribution is -2.31. The summed E-state index contributed by atoms with van der Waals surface area (Å²) in [6, 6.07) is 0. The summed E-state index contributed by atoms with van der Waals surface area (Å²) in [6.07, 6.45) is 0.388. The maximum atomic E-state index is 10.9. The molecule has 1 aliphatic heterocycles. The normalized spacial score (nSPS) is 15.0. The number of anilines is 1. The van der Waals surface area contributed by atoms with E-state index in [4.69, 9.17) is 5.11 Å². The third-order valence-corrected chi connectivity index (χ3v) is 3.63. The molecule has 92 valence electrons. The van der Waals surface area contributed by atoms with Gasteiger partial charge in [0, 0.05) is 37.7 Å². The number of rotatable bonds is 1. The SMILES string of the molecule is CC(=O)Nc1nc2c(s1)CCN(C(=O)O)CC2. The topological polar surface area (TPSA) is 82.5 Å². The van der Waals surface area contributed by atoms with Crippen molar-refractivity contribution in [2.45, 2.75) is 19.8 Å². The molecule has 2 heterocycles. The second-order valence-corrected chi connectivity index (χ2v) is 4.92. The zero-order valence-electron chi connectivity index (χ0n) is 9.39. The number of aromatic nitrogens is 1. The Hall–Kier alpha value is -1.63. The van der Waals surface area contributed by atoms with Crippen molar-refractivity contribution in [3.63, 3.8) is 0 Å². The van der Waals surface area contributed by atoms with Crippen molar-refractivity contribution in [2.75, 3.05) is 18.4 Å². The van der Waals surface area contributed by atoms with E-state index in [9.17, 15) is 9.59 Å². The molecule has 2 rings (SSSR count). The smallest absolute Gasteiger partial charge is 0.407 e. The van der Waals surface area contributed by atoms with Crippen molar-refractivity contribution in [1.82, 2.24) is 9.88 Å². The quantitative estimate of drug-likeness (QED) is 0.789. The lowest BCUT2D eigenvalue weighted by Gasteiger charge is -2.15. The van der Waals surface area contributed by atoms with E-state index in [-0.39, 0.29) is 5.91 Å². The lowest BCUT2D eigenvalue weighted by atomic mass is 10.2. The van der Waals surface area contributed by atoms with E-state index in [0.717, 1.165) is 10.6 Å². The van der Waals surface area contributed by atoms with E-state index in [1.165, 1.54) is 23.2 Å². The van der Waals surface area contributed by atoms with Crippen LogP contribution in [0.3, 0.4) is 0 Å².